The molecule has 2 heterocycles. The molecule has 2 amide bonds. The zero-order valence-corrected chi connectivity index (χ0v) is 17.3. The van der Waals surface area contributed by atoms with Gasteiger partial charge in [0, 0.05) is 35.5 Å². The lowest BCUT2D eigenvalue weighted by Crippen LogP contribution is -2.61. The van der Waals surface area contributed by atoms with E-state index in [1.165, 1.54) is 35.3 Å². The van der Waals surface area contributed by atoms with Gasteiger partial charge in [-0.3, -0.25) is 9.59 Å². The minimum absolute atomic E-state index is 0.0731. The highest BCUT2D eigenvalue weighted by atomic mass is 32.2. The SMILES string of the molecule is CC(=O)NC=CSC1=C(C(=O)O)N2C(=O)[C@H](C(C)SCc3ccccc3)[C@H]2C1. The molecule has 0 saturated carbocycles. The number of aliphatic carboxylic acids is 1. The molecule has 2 aliphatic heterocycles. The van der Waals surface area contributed by atoms with Crippen LogP contribution < -0.4 is 5.32 Å². The number of carboxylic acid groups (broad SMARTS) is 1. The molecule has 0 aliphatic carbocycles. The van der Waals surface area contributed by atoms with Gasteiger partial charge < -0.3 is 15.3 Å². The van der Waals surface area contributed by atoms with Crippen molar-refractivity contribution in [3.8, 4) is 0 Å². The first kappa shape index (κ1) is 20.5. The number of fused-ring (bicyclic) bond motifs is 1. The fourth-order valence-corrected chi connectivity index (χ4v) is 5.51. The van der Waals surface area contributed by atoms with Crippen molar-refractivity contribution < 1.29 is 19.5 Å². The van der Waals surface area contributed by atoms with Crippen molar-refractivity contribution >= 4 is 41.3 Å². The molecule has 1 unspecified atom stereocenters. The molecule has 1 fully saturated rings. The number of nitrogens with zero attached hydrogens (tertiary/aromatic N) is 1. The number of thioether (sulfide) groups is 2. The van der Waals surface area contributed by atoms with Gasteiger partial charge in [-0.25, -0.2) is 4.79 Å². The highest BCUT2D eigenvalue weighted by molar-refractivity contribution is 8.05. The maximum Gasteiger partial charge on any atom is 0.353 e. The average molecular weight is 419 g/mol. The fraction of sp³-hybridized carbons (Fsp3) is 0.350. The number of carboxylic acids is 1. The van der Waals surface area contributed by atoms with E-state index < -0.39 is 5.97 Å². The van der Waals surface area contributed by atoms with Crippen LogP contribution in [-0.2, 0) is 20.1 Å². The molecular formula is C20H22N2O4S2. The Morgan fingerprint density at radius 2 is 2.07 bits per heavy atom. The molecule has 0 radical (unpaired) electrons. The summed E-state index contributed by atoms with van der Waals surface area (Å²) in [5, 5.41) is 13.8. The van der Waals surface area contributed by atoms with Crippen LogP contribution in [0.1, 0.15) is 25.8 Å². The highest BCUT2D eigenvalue weighted by Gasteiger charge is 2.56. The number of carbonyl (C=O) groups excluding carboxylic acids is 2. The number of hydrogen-bond acceptors (Lipinski definition) is 5. The molecule has 28 heavy (non-hydrogen) atoms. The molecule has 0 spiro atoms. The Hall–Kier alpha value is -2.19. The van der Waals surface area contributed by atoms with Crippen LogP contribution in [0.4, 0.5) is 0 Å². The van der Waals surface area contributed by atoms with E-state index in [0.29, 0.717) is 11.3 Å². The third kappa shape index (κ3) is 4.28. The molecule has 148 valence electrons. The molecule has 2 aliphatic rings. The van der Waals surface area contributed by atoms with E-state index in [0.717, 1.165) is 5.75 Å². The van der Waals surface area contributed by atoms with Crippen molar-refractivity contribution in [2.24, 2.45) is 5.92 Å². The Morgan fingerprint density at radius 1 is 1.36 bits per heavy atom. The maximum absolute atomic E-state index is 12.7. The van der Waals surface area contributed by atoms with Crippen molar-refractivity contribution in [3.05, 3.63) is 58.1 Å². The summed E-state index contributed by atoms with van der Waals surface area (Å²) in [7, 11) is 0. The van der Waals surface area contributed by atoms with Gasteiger partial charge in [0.1, 0.15) is 5.70 Å². The van der Waals surface area contributed by atoms with Gasteiger partial charge in [0.05, 0.1) is 12.0 Å². The number of amides is 2. The molecular weight excluding hydrogens is 396 g/mol. The highest BCUT2D eigenvalue weighted by Crippen LogP contribution is 2.49. The van der Waals surface area contributed by atoms with Gasteiger partial charge in [-0.05, 0) is 11.0 Å². The van der Waals surface area contributed by atoms with Crippen molar-refractivity contribution in [2.45, 2.75) is 37.3 Å². The Balaban J connectivity index is 1.64. The first-order valence-electron chi connectivity index (χ1n) is 8.94. The molecule has 0 bridgehead atoms. The monoisotopic (exact) mass is 418 g/mol. The quantitative estimate of drug-likeness (QED) is 0.631. The van der Waals surface area contributed by atoms with Crippen molar-refractivity contribution in [1.29, 1.82) is 0 Å². The van der Waals surface area contributed by atoms with Gasteiger partial charge in [0.2, 0.25) is 11.8 Å². The minimum atomic E-state index is -1.09. The Bertz CT molecular complexity index is 838. The fourth-order valence-electron chi connectivity index (χ4n) is 3.50. The van der Waals surface area contributed by atoms with Crippen LogP contribution in [0.2, 0.25) is 0 Å². The van der Waals surface area contributed by atoms with Crippen LogP contribution in [-0.4, -0.2) is 39.1 Å². The van der Waals surface area contributed by atoms with Gasteiger partial charge in [-0.1, -0.05) is 49.0 Å². The number of carbonyl (C=O) groups is 3. The number of β-lactam (4-membered cyclic amide) rings is 1. The molecule has 1 aromatic carbocycles. The van der Waals surface area contributed by atoms with Gasteiger partial charge >= 0.3 is 5.97 Å². The van der Waals surface area contributed by atoms with Crippen LogP contribution in [0.3, 0.4) is 0 Å². The van der Waals surface area contributed by atoms with Crippen LogP contribution in [0, 0.1) is 5.92 Å². The summed E-state index contributed by atoms with van der Waals surface area (Å²) in [5.74, 6) is -0.760. The number of benzene rings is 1. The third-order valence-electron chi connectivity index (χ3n) is 4.80. The van der Waals surface area contributed by atoms with Gasteiger partial charge in [0.25, 0.3) is 0 Å². The van der Waals surface area contributed by atoms with Crippen molar-refractivity contribution in [2.75, 3.05) is 0 Å². The molecule has 0 aromatic heterocycles. The van der Waals surface area contributed by atoms with E-state index >= 15 is 0 Å². The maximum atomic E-state index is 12.7. The van der Waals surface area contributed by atoms with E-state index in [2.05, 4.69) is 17.4 Å². The predicted octanol–water partition coefficient (Wildman–Crippen LogP) is 3.18. The molecule has 3 atom stereocenters. The van der Waals surface area contributed by atoms with E-state index in [-0.39, 0.29) is 34.7 Å². The van der Waals surface area contributed by atoms with Crippen molar-refractivity contribution in [1.82, 2.24) is 10.2 Å². The normalized spacial score (nSPS) is 22.2. The molecule has 1 saturated heterocycles. The lowest BCUT2D eigenvalue weighted by Gasteiger charge is -2.45. The lowest BCUT2D eigenvalue weighted by molar-refractivity contribution is -0.154. The molecule has 8 heteroatoms. The van der Waals surface area contributed by atoms with Crippen LogP contribution in [0.5, 0.6) is 0 Å². The average Bonchev–Trinajstić information content (AvgIpc) is 2.99. The second-order valence-electron chi connectivity index (χ2n) is 6.71. The molecule has 3 rings (SSSR count). The summed E-state index contributed by atoms with van der Waals surface area (Å²) in [6, 6.07) is 9.98. The number of hydrogen-bond donors (Lipinski definition) is 2. The first-order valence-corrected chi connectivity index (χ1v) is 10.9. The molecule has 2 N–H and O–H groups in total. The van der Waals surface area contributed by atoms with E-state index in [1.54, 1.807) is 17.2 Å². The summed E-state index contributed by atoms with van der Waals surface area (Å²) in [6.07, 6.45) is 2.01. The van der Waals surface area contributed by atoms with Gasteiger partial charge in [0.15, 0.2) is 0 Å². The Labute approximate surface area is 172 Å². The van der Waals surface area contributed by atoms with Crippen LogP contribution in [0.15, 0.2) is 52.5 Å². The third-order valence-corrected chi connectivity index (χ3v) is 7.03. The van der Waals surface area contributed by atoms with Crippen molar-refractivity contribution in [3.63, 3.8) is 0 Å². The summed E-state index contributed by atoms with van der Waals surface area (Å²) >= 11 is 2.96. The van der Waals surface area contributed by atoms with Gasteiger partial charge in [-0.15, -0.1) is 0 Å². The largest absolute Gasteiger partial charge is 0.477 e. The Kier molecular flexibility index (Phi) is 6.51. The summed E-state index contributed by atoms with van der Waals surface area (Å²) in [5.41, 5.74) is 1.28. The predicted molar refractivity (Wildman–Crippen MR) is 111 cm³/mol. The molecule has 1 aromatic rings. The second-order valence-corrected chi connectivity index (χ2v) is 9.07. The Morgan fingerprint density at radius 3 is 2.71 bits per heavy atom. The van der Waals surface area contributed by atoms with Crippen LogP contribution in [0.25, 0.3) is 0 Å². The standard InChI is InChI=1S/C20H22N2O4S2/c1-12(28-11-14-6-4-3-5-7-14)17-15-10-16(27-9-8-21-13(2)23)18(20(25)26)22(15)19(17)24/h3-9,12,15,17H,10-11H2,1-2H3,(H,21,23)(H,25,26)/t12?,15-,17-/m1/s1. The minimum Gasteiger partial charge on any atom is -0.477 e. The number of rotatable bonds is 8. The van der Waals surface area contributed by atoms with Crippen LogP contribution >= 0.6 is 23.5 Å². The second kappa shape index (κ2) is 8.87. The smallest absolute Gasteiger partial charge is 0.353 e. The number of nitrogens with one attached hydrogen (secondary N) is 1. The first-order chi connectivity index (χ1) is 13.4. The molecule has 6 nitrogen and oxygen atoms in total. The zero-order chi connectivity index (χ0) is 20.3. The summed E-state index contributed by atoms with van der Waals surface area (Å²) < 4.78 is 0. The van der Waals surface area contributed by atoms with E-state index in [9.17, 15) is 19.5 Å². The summed E-state index contributed by atoms with van der Waals surface area (Å²) in [4.78, 5) is 37.4. The van der Waals surface area contributed by atoms with E-state index in [4.69, 9.17) is 0 Å². The summed E-state index contributed by atoms with van der Waals surface area (Å²) in [6.45, 7) is 3.44. The topological polar surface area (TPSA) is 86.7 Å². The zero-order valence-electron chi connectivity index (χ0n) is 15.6. The van der Waals surface area contributed by atoms with Gasteiger partial charge in [-0.2, -0.15) is 11.8 Å². The lowest BCUT2D eigenvalue weighted by atomic mass is 9.85. The van der Waals surface area contributed by atoms with E-state index in [1.807, 2.05) is 25.1 Å².